The fourth-order valence-electron chi connectivity index (χ4n) is 6.98. The Morgan fingerprint density at radius 2 is 1.56 bits per heavy atom. The molecule has 0 unspecified atom stereocenters. The zero-order valence-corrected chi connectivity index (χ0v) is 35.1. The molecular weight excluding hydrogens is 878 g/mol. The molecule has 0 aliphatic carbocycles. The predicted molar refractivity (Wildman–Crippen MR) is 225 cm³/mol. The van der Waals surface area contributed by atoms with Crippen LogP contribution in [0.1, 0.15) is 32.2 Å². The van der Waals surface area contributed by atoms with Gasteiger partial charge in [-0.05, 0) is 67.5 Å². The molecule has 0 aliphatic rings. The van der Waals surface area contributed by atoms with Crippen LogP contribution in [0.25, 0.3) is 64.6 Å². The summed E-state index contributed by atoms with van der Waals surface area (Å²) < 4.78 is 26.7. The van der Waals surface area contributed by atoms with Crippen molar-refractivity contribution in [3.8, 4) is 22.6 Å². The quantitative estimate of drug-likeness (QED) is 0.123. The van der Waals surface area contributed by atoms with Crippen LogP contribution in [0.5, 0.6) is 0 Å². The van der Waals surface area contributed by atoms with Crippen LogP contribution in [-0.2, 0) is 26.7 Å². The fraction of sp³-hybridized carbons (Fsp3) is 0.149. The Bertz CT molecular complexity index is 2790. The molecule has 0 bridgehead atoms. The van der Waals surface area contributed by atoms with E-state index < -0.39 is 14.0 Å². The van der Waals surface area contributed by atoms with E-state index in [9.17, 15) is 4.39 Å². The van der Waals surface area contributed by atoms with Gasteiger partial charge in [0.2, 0.25) is 0 Å². The Morgan fingerprint density at radius 3 is 2.28 bits per heavy atom. The predicted octanol–water partition coefficient (Wildman–Crippen LogP) is 12.4. The summed E-state index contributed by atoms with van der Waals surface area (Å²) in [5.74, 6) is 0.0570. The third kappa shape index (κ3) is 7.47. The minimum atomic E-state index is -1.50. The van der Waals surface area contributed by atoms with Gasteiger partial charge in [-0.15, -0.1) is 54.1 Å². The van der Waals surface area contributed by atoms with E-state index in [1.54, 1.807) is 17.4 Å². The number of hydrogen-bond donors (Lipinski definition) is 0. The van der Waals surface area contributed by atoms with Gasteiger partial charge in [-0.2, -0.15) is 11.3 Å². The van der Waals surface area contributed by atoms with Gasteiger partial charge in [-0.1, -0.05) is 117 Å². The number of thiophene rings is 1. The van der Waals surface area contributed by atoms with Crippen molar-refractivity contribution in [1.29, 1.82) is 0 Å². The monoisotopic (exact) mass is 919 g/mol. The van der Waals surface area contributed by atoms with Crippen LogP contribution in [0.4, 0.5) is 4.39 Å². The normalized spacial score (nSPS) is 12.1. The minimum Gasteiger partial charge on any atom is -0.360 e. The maximum atomic E-state index is 14.0. The summed E-state index contributed by atoms with van der Waals surface area (Å²) in [5.41, 5.74) is 7.20. The summed E-state index contributed by atoms with van der Waals surface area (Å²) in [4.78, 5) is 9.74. The first-order valence-electron chi connectivity index (χ1n) is 18.4. The molecule has 0 saturated carbocycles. The second kappa shape index (κ2) is 15.5. The molecule has 271 valence electrons. The Balaban J connectivity index is 0.000000191. The zero-order chi connectivity index (χ0) is 37.6. The summed E-state index contributed by atoms with van der Waals surface area (Å²) in [6.07, 6.45) is 1.98. The molecule has 0 aliphatic heterocycles. The number of imidazole rings is 1. The van der Waals surface area contributed by atoms with Gasteiger partial charge in [0.05, 0.1) is 24.9 Å². The molecule has 0 amide bonds. The van der Waals surface area contributed by atoms with Crippen molar-refractivity contribution < 1.29 is 25.9 Å². The first kappa shape index (κ1) is 36.2. The van der Waals surface area contributed by atoms with Gasteiger partial charge in [-0.25, -0.2) is 4.39 Å². The average Bonchev–Trinajstić information content (AvgIpc) is 3.71. The van der Waals surface area contributed by atoms with Crippen molar-refractivity contribution >= 4 is 66.6 Å². The maximum Gasteiger partial charge on any atom is 0.124 e. The third-order valence-electron chi connectivity index (χ3n) is 9.65. The summed E-state index contributed by atoms with van der Waals surface area (Å²) in [6.45, 7) is 11.5. The van der Waals surface area contributed by atoms with Crippen molar-refractivity contribution in [2.75, 3.05) is 0 Å². The SMILES string of the molecule is Fc1ccc2c(c1)sc1c(-c3nc4cc5ccccc5cc4n3Cc3ccccc3)[c-]ccc12.[2H]C(C)(C)c1cc(-c2[c-]cccc2)ncc1[Si](C)(C)C.[Ir]. The van der Waals surface area contributed by atoms with E-state index in [-0.39, 0.29) is 25.9 Å². The van der Waals surface area contributed by atoms with E-state index in [2.05, 4.69) is 114 Å². The average molecular weight is 919 g/mol. The van der Waals surface area contributed by atoms with Gasteiger partial charge in [-0.3, -0.25) is 4.98 Å². The summed E-state index contributed by atoms with van der Waals surface area (Å²) in [6, 6.07) is 48.9. The first-order chi connectivity index (χ1) is 25.9. The largest absolute Gasteiger partial charge is 0.360 e. The summed E-state index contributed by atoms with van der Waals surface area (Å²) >= 11 is 1.60. The van der Waals surface area contributed by atoms with E-state index in [1.165, 1.54) is 27.6 Å². The van der Waals surface area contributed by atoms with E-state index in [1.807, 2.05) is 62.5 Å². The number of hydrogen-bond acceptors (Lipinski definition) is 3. The molecule has 3 aromatic heterocycles. The third-order valence-corrected chi connectivity index (χ3v) is 12.9. The molecular formula is C47H40FIrN3SSi-2. The fourth-order valence-corrected chi connectivity index (χ4v) is 9.78. The Morgan fingerprint density at radius 1 is 0.815 bits per heavy atom. The smallest absolute Gasteiger partial charge is 0.124 e. The second-order valence-corrected chi connectivity index (χ2v) is 20.8. The Hall–Kier alpha value is -4.78. The van der Waals surface area contributed by atoms with Gasteiger partial charge in [0.15, 0.2) is 0 Å². The van der Waals surface area contributed by atoms with Crippen LogP contribution in [-0.4, -0.2) is 22.6 Å². The number of fused-ring (bicyclic) bond motifs is 5. The number of halogens is 1. The van der Waals surface area contributed by atoms with Crippen molar-refractivity contribution in [2.24, 2.45) is 0 Å². The number of nitrogens with zero attached hydrogens (tertiary/aromatic N) is 3. The molecule has 54 heavy (non-hydrogen) atoms. The van der Waals surface area contributed by atoms with Gasteiger partial charge in [0.1, 0.15) is 5.82 Å². The summed E-state index contributed by atoms with van der Waals surface area (Å²) in [5, 5.41) is 5.81. The van der Waals surface area contributed by atoms with Crippen molar-refractivity contribution in [1.82, 2.24) is 14.5 Å². The van der Waals surface area contributed by atoms with Crippen LogP contribution in [0.3, 0.4) is 0 Å². The van der Waals surface area contributed by atoms with Crippen LogP contribution in [0.15, 0.2) is 134 Å². The Labute approximate surface area is 336 Å². The van der Waals surface area contributed by atoms with Crippen LogP contribution >= 0.6 is 11.3 Å². The number of benzene rings is 6. The molecule has 0 fully saturated rings. The molecule has 3 heterocycles. The molecule has 0 N–H and O–H groups in total. The number of aromatic nitrogens is 3. The van der Waals surface area contributed by atoms with Gasteiger partial charge in [0, 0.05) is 38.9 Å². The van der Waals surface area contributed by atoms with Crippen LogP contribution in [0, 0.1) is 17.9 Å². The van der Waals surface area contributed by atoms with Crippen LogP contribution < -0.4 is 5.19 Å². The van der Waals surface area contributed by atoms with E-state index in [0.29, 0.717) is 6.54 Å². The molecule has 0 atom stereocenters. The molecule has 7 heteroatoms. The number of pyridine rings is 1. The summed E-state index contributed by atoms with van der Waals surface area (Å²) in [7, 11) is -1.50. The molecule has 3 nitrogen and oxygen atoms in total. The van der Waals surface area contributed by atoms with Crippen molar-refractivity contribution in [3.05, 3.63) is 163 Å². The van der Waals surface area contributed by atoms with Gasteiger partial charge >= 0.3 is 0 Å². The molecule has 0 spiro atoms. The number of rotatable bonds is 6. The van der Waals surface area contributed by atoms with Gasteiger partial charge < -0.3 is 9.55 Å². The zero-order valence-electron chi connectivity index (χ0n) is 31.9. The van der Waals surface area contributed by atoms with E-state index in [0.717, 1.165) is 59.4 Å². The molecule has 9 aromatic rings. The van der Waals surface area contributed by atoms with Crippen molar-refractivity contribution in [3.63, 3.8) is 0 Å². The Kier molecular flexibility index (Phi) is 10.4. The minimum absolute atomic E-state index is 0. The first-order valence-corrected chi connectivity index (χ1v) is 22.2. The molecule has 6 aromatic carbocycles. The molecule has 9 rings (SSSR count). The standard InChI is InChI=1S/C30H18FN2S.C17H22NSi.Ir/c31-22-13-14-23-24-11-6-12-25(29(24)34-28(23)17-22)30-32-26-15-20-9-4-5-10-21(20)16-27(26)33(30)18-19-7-2-1-3-8-19;1-13(2)15-11-16(14-9-7-6-8-10-14)18-12-17(15)19(3,4)5;/h1-11,13-17H,18H2;6-9,11-13H,1-5H3;/q2*-1;/i;13D;. The molecule has 1 radical (unpaired) electrons. The maximum absolute atomic E-state index is 14.0. The van der Waals surface area contributed by atoms with E-state index in [4.69, 9.17) is 6.35 Å². The second-order valence-electron chi connectivity index (χ2n) is 14.7. The topological polar surface area (TPSA) is 30.7 Å². The van der Waals surface area contributed by atoms with Crippen LogP contribution in [0.2, 0.25) is 19.6 Å². The molecule has 0 saturated heterocycles. The van der Waals surface area contributed by atoms with E-state index >= 15 is 0 Å². The van der Waals surface area contributed by atoms with Crippen molar-refractivity contribution in [2.45, 2.75) is 45.9 Å². The van der Waals surface area contributed by atoms with Gasteiger partial charge in [0.25, 0.3) is 0 Å².